The molecule has 0 unspecified atom stereocenters. The van der Waals surface area contributed by atoms with E-state index in [2.05, 4.69) is 5.32 Å². The van der Waals surface area contributed by atoms with Crippen LogP contribution >= 0.6 is 11.6 Å². The lowest BCUT2D eigenvalue weighted by atomic mass is 10.0. The van der Waals surface area contributed by atoms with Crippen LogP contribution in [0.25, 0.3) is 0 Å². The van der Waals surface area contributed by atoms with Crippen molar-refractivity contribution in [3.05, 3.63) is 35.4 Å². The minimum Gasteiger partial charge on any atom is -0.380 e. The molecule has 0 fully saturated rings. The second-order valence-corrected chi connectivity index (χ2v) is 4.30. The van der Waals surface area contributed by atoms with E-state index in [0.29, 0.717) is 25.6 Å². The van der Waals surface area contributed by atoms with E-state index in [1.165, 1.54) is 0 Å². The number of nitrogens with one attached hydrogen (secondary N) is 1. The highest BCUT2D eigenvalue weighted by molar-refractivity contribution is 6.17. The SMILES string of the molecule is CCc1ccccc1C(=O)NCCCOCCCl. The van der Waals surface area contributed by atoms with E-state index < -0.39 is 0 Å². The highest BCUT2D eigenvalue weighted by atomic mass is 35.5. The summed E-state index contributed by atoms with van der Waals surface area (Å²) >= 11 is 5.48. The number of halogens is 1. The van der Waals surface area contributed by atoms with Gasteiger partial charge in [0.1, 0.15) is 0 Å². The molecule has 0 aromatic heterocycles. The van der Waals surface area contributed by atoms with E-state index in [1.807, 2.05) is 31.2 Å². The number of carbonyl (C=O) groups excluding carboxylic acids is 1. The third-order valence-electron chi connectivity index (χ3n) is 2.62. The Morgan fingerprint density at radius 3 is 2.83 bits per heavy atom. The fourth-order valence-electron chi connectivity index (χ4n) is 1.68. The van der Waals surface area contributed by atoms with Gasteiger partial charge in [-0.2, -0.15) is 0 Å². The van der Waals surface area contributed by atoms with E-state index in [0.717, 1.165) is 24.0 Å². The van der Waals surface area contributed by atoms with Crippen molar-refractivity contribution >= 4 is 17.5 Å². The molecule has 4 heteroatoms. The second-order valence-electron chi connectivity index (χ2n) is 3.92. The van der Waals surface area contributed by atoms with Crippen molar-refractivity contribution < 1.29 is 9.53 Å². The number of hydrogen-bond donors (Lipinski definition) is 1. The zero-order valence-electron chi connectivity index (χ0n) is 10.7. The quantitative estimate of drug-likeness (QED) is 0.582. The van der Waals surface area contributed by atoms with Gasteiger partial charge >= 0.3 is 0 Å². The summed E-state index contributed by atoms with van der Waals surface area (Å²) < 4.78 is 5.23. The maximum absolute atomic E-state index is 11.9. The molecule has 100 valence electrons. The second kappa shape index (κ2) is 8.95. The summed E-state index contributed by atoms with van der Waals surface area (Å²) in [5.74, 6) is 0.501. The molecule has 1 rings (SSSR count). The van der Waals surface area contributed by atoms with Crippen LogP contribution in [0.3, 0.4) is 0 Å². The molecule has 18 heavy (non-hydrogen) atoms. The zero-order valence-corrected chi connectivity index (χ0v) is 11.5. The fourth-order valence-corrected chi connectivity index (χ4v) is 1.79. The minimum absolute atomic E-state index is 0.00945. The predicted octanol–water partition coefficient (Wildman–Crippen LogP) is 2.62. The van der Waals surface area contributed by atoms with Crippen molar-refractivity contribution in [2.45, 2.75) is 19.8 Å². The summed E-state index contributed by atoms with van der Waals surface area (Å²) in [6.45, 7) is 3.86. The van der Waals surface area contributed by atoms with Crippen molar-refractivity contribution in [2.75, 3.05) is 25.6 Å². The van der Waals surface area contributed by atoms with Crippen molar-refractivity contribution in [3.8, 4) is 0 Å². The lowest BCUT2D eigenvalue weighted by Crippen LogP contribution is -2.26. The normalized spacial score (nSPS) is 10.3. The molecule has 0 aliphatic carbocycles. The molecule has 1 N–H and O–H groups in total. The summed E-state index contributed by atoms with van der Waals surface area (Å²) in [6.07, 6.45) is 1.67. The van der Waals surface area contributed by atoms with Gasteiger partial charge in [0.15, 0.2) is 0 Å². The zero-order chi connectivity index (χ0) is 13.2. The van der Waals surface area contributed by atoms with Gasteiger partial charge < -0.3 is 10.1 Å². The molecule has 0 atom stereocenters. The molecule has 0 saturated carbocycles. The lowest BCUT2D eigenvalue weighted by Gasteiger charge is -2.08. The van der Waals surface area contributed by atoms with Crippen molar-refractivity contribution in [2.24, 2.45) is 0 Å². The Kier molecular flexibility index (Phi) is 7.46. The van der Waals surface area contributed by atoms with E-state index >= 15 is 0 Å². The molecule has 0 aliphatic heterocycles. The van der Waals surface area contributed by atoms with E-state index in [9.17, 15) is 4.79 Å². The molecule has 0 spiro atoms. The average molecular weight is 270 g/mol. The number of hydrogen-bond acceptors (Lipinski definition) is 2. The first-order valence-electron chi connectivity index (χ1n) is 6.29. The maximum Gasteiger partial charge on any atom is 0.251 e. The number of amides is 1. The Bertz CT molecular complexity index is 369. The Hall–Kier alpha value is -1.06. The molecule has 0 saturated heterocycles. The number of rotatable bonds is 8. The van der Waals surface area contributed by atoms with Crippen LogP contribution in [0.2, 0.25) is 0 Å². The van der Waals surface area contributed by atoms with Crippen LogP contribution in [0.4, 0.5) is 0 Å². The standard InChI is InChI=1S/C14H20ClNO2/c1-2-12-6-3-4-7-13(12)14(17)16-9-5-10-18-11-8-15/h3-4,6-7H,2,5,8-11H2,1H3,(H,16,17). The van der Waals surface area contributed by atoms with Crippen LogP contribution in [-0.4, -0.2) is 31.5 Å². The highest BCUT2D eigenvalue weighted by Crippen LogP contribution is 2.08. The summed E-state index contributed by atoms with van der Waals surface area (Å²) in [5.41, 5.74) is 1.84. The van der Waals surface area contributed by atoms with Gasteiger partial charge in [0.25, 0.3) is 5.91 Å². The van der Waals surface area contributed by atoms with Crippen LogP contribution in [0.15, 0.2) is 24.3 Å². The number of ether oxygens (including phenoxy) is 1. The monoisotopic (exact) mass is 269 g/mol. The predicted molar refractivity (Wildman–Crippen MR) is 74.3 cm³/mol. The topological polar surface area (TPSA) is 38.3 Å². The number of benzene rings is 1. The Morgan fingerprint density at radius 2 is 2.11 bits per heavy atom. The van der Waals surface area contributed by atoms with Gasteiger partial charge in [-0.25, -0.2) is 0 Å². The van der Waals surface area contributed by atoms with Crippen LogP contribution in [-0.2, 0) is 11.2 Å². The first-order valence-corrected chi connectivity index (χ1v) is 6.82. The minimum atomic E-state index is -0.00945. The number of carbonyl (C=O) groups is 1. The maximum atomic E-state index is 11.9. The Balaban J connectivity index is 2.32. The van der Waals surface area contributed by atoms with Gasteiger partial charge in [0.2, 0.25) is 0 Å². The van der Waals surface area contributed by atoms with Crippen molar-refractivity contribution in [1.82, 2.24) is 5.32 Å². The van der Waals surface area contributed by atoms with Crippen LogP contribution < -0.4 is 5.32 Å². The summed E-state index contributed by atoms with van der Waals surface area (Å²) in [5, 5.41) is 2.90. The van der Waals surface area contributed by atoms with Gasteiger partial charge in [0, 0.05) is 24.6 Å². The molecule has 3 nitrogen and oxygen atoms in total. The summed E-state index contributed by atoms with van der Waals surface area (Å²) in [4.78, 5) is 11.9. The molecule has 1 aromatic rings. The average Bonchev–Trinajstić information content (AvgIpc) is 2.42. The molecular weight excluding hydrogens is 250 g/mol. The number of alkyl halides is 1. The van der Waals surface area contributed by atoms with Crippen molar-refractivity contribution in [1.29, 1.82) is 0 Å². The third-order valence-corrected chi connectivity index (χ3v) is 2.77. The van der Waals surface area contributed by atoms with E-state index in [-0.39, 0.29) is 5.91 Å². The fraction of sp³-hybridized carbons (Fsp3) is 0.500. The van der Waals surface area contributed by atoms with Crippen LogP contribution in [0.5, 0.6) is 0 Å². The molecular formula is C14H20ClNO2. The Labute approximate surface area is 113 Å². The van der Waals surface area contributed by atoms with Gasteiger partial charge in [-0.15, -0.1) is 11.6 Å². The van der Waals surface area contributed by atoms with Gasteiger partial charge in [0.05, 0.1) is 6.61 Å². The first kappa shape index (κ1) is 15.0. The highest BCUT2D eigenvalue weighted by Gasteiger charge is 2.08. The van der Waals surface area contributed by atoms with Gasteiger partial charge in [-0.1, -0.05) is 25.1 Å². The summed E-state index contributed by atoms with van der Waals surface area (Å²) in [7, 11) is 0. The molecule has 0 heterocycles. The van der Waals surface area contributed by atoms with Crippen molar-refractivity contribution in [3.63, 3.8) is 0 Å². The molecule has 0 radical (unpaired) electrons. The smallest absolute Gasteiger partial charge is 0.251 e. The van der Waals surface area contributed by atoms with Crippen LogP contribution in [0.1, 0.15) is 29.3 Å². The first-order chi connectivity index (χ1) is 8.79. The van der Waals surface area contributed by atoms with Gasteiger partial charge in [-0.3, -0.25) is 4.79 Å². The van der Waals surface area contributed by atoms with Gasteiger partial charge in [-0.05, 0) is 24.5 Å². The lowest BCUT2D eigenvalue weighted by molar-refractivity contribution is 0.0943. The summed E-state index contributed by atoms with van der Waals surface area (Å²) in [6, 6.07) is 7.68. The van der Waals surface area contributed by atoms with Crippen LogP contribution in [0, 0.1) is 0 Å². The molecule has 1 aromatic carbocycles. The molecule has 0 bridgehead atoms. The van der Waals surface area contributed by atoms with E-state index in [1.54, 1.807) is 0 Å². The third kappa shape index (κ3) is 5.07. The van der Waals surface area contributed by atoms with E-state index in [4.69, 9.17) is 16.3 Å². The Morgan fingerprint density at radius 1 is 1.33 bits per heavy atom. The molecule has 0 aliphatic rings. The molecule has 1 amide bonds. The largest absolute Gasteiger partial charge is 0.380 e. The number of aryl methyl sites for hydroxylation is 1.